The van der Waals surface area contributed by atoms with Gasteiger partial charge in [-0.1, -0.05) is 0 Å². The Morgan fingerprint density at radius 1 is 1.26 bits per heavy atom. The third-order valence-electron chi connectivity index (χ3n) is 4.71. The highest BCUT2D eigenvalue weighted by Crippen LogP contribution is 2.29. The minimum absolute atomic E-state index is 0.00933. The van der Waals surface area contributed by atoms with Gasteiger partial charge >= 0.3 is 0 Å². The lowest BCUT2D eigenvalue weighted by molar-refractivity contribution is -0.123. The van der Waals surface area contributed by atoms with E-state index in [9.17, 15) is 4.79 Å². The summed E-state index contributed by atoms with van der Waals surface area (Å²) in [5.74, 6) is 1.49. The molecule has 146 valence electrons. The Hall–Kier alpha value is -2.32. The molecular formula is C19H26N4O3S. The van der Waals surface area contributed by atoms with Gasteiger partial charge in [-0.3, -0.25) is 9.69 Å². The molecule has 1 N–H and O–H groups in total. The van der Waals surface area contributed by atoms with Crippen LogP contribution in [0.1, 0.15) is 18.5 Å². The molecule has 0 spiro atoms. The van der Waals surface area contributed by atoms with Gasteiger partial charge in [-0.05, 0) is 25.1 Å². The Morgan fingerprint density at radius 3 is 2.67 bits per heavy atom. The molecule has 1 aromatic heterocycles. The number of nitrogens with zero attached hydrogens (tertiary/aromatic N) is 3. The zero-order valence-corrected chi connectivity index (χ0v) is 16.8. The molecule has 0 bridgehead atoms. The number of nitrogens with one attached hydrogen (secondary N) is 1. The van der Waals surface area contributed by atoms with Gasteiger partial charge in [0.15, 0.2) is 5.13 Å². The van der Waals surface area contributed by atoms with Gasteiger partial charge < -0.3 is 19.7 Å². The highest BCUT2D eigenvalue weighted by Gasteiger charge is 2.22. The molecular weight excluding hydrogens is 364 g/mol. The van der Waals surface area contributed by atoms with Crippen molar-refractivity contribution in [2.45, 2.75) is 13.0 Å². The number of benzene rings is 1. The lowest BCUT2D eigenvalue weighted by Gasteiger charge is -2.34. The molecule has 1 fully saturated rings. The number of piperazine rings is 1. The van der Waals surface area contributed by atoms with Crippen LogP contribution in [0.25, 0.3) is 0 Å². The molecule has 1 atom stereocenters. The molecule has 2 heterocycles. The van der Waals surface area contributed by atoms with E-state index in [-0.39, 0.29) is 11.9 Å². The largest absolute Gasteiger partial charge is 0.497 e. The maximum atomic E-state index is 12.5. The van der Waals surface area contributed by atoms with E-state index in [1.165, 1.54) is 0 Å². The van der Waals surface area contributed by atoms with Crippen molar-refractivity contribution < 1.29 is 14.3 Å². The lowest BCUT2D eigenvalue weighted by Crippen LogP contribution is -2.49. The maximum absolute atomic E-state index is 12.5. The molecule has 1 amide bonds. The van der Waals surface area contributed by atoms with Crippen molar-refractivity contribution in [1.82, 2.24) is 15.2 Å². The summed E-state index contributed by atoms with van der Waals surface area (Å²) < 4.78 is 10.7. The zero-order chi connectivity index (χ0) is 19.2. The summed E-state index contributed by atoms with van der Waals surface area (Å²) in [6.45, 7) is 5.83. The summed E-state index contributed by atoms with van der Waals surface area (Å²) in [6.07, 6.45) is 1.83. The second-order valence-electron chi connectivity index (χ2n) is 6.47. The van der Waals surface area contributed by atoms with Crippen LogP contribution >= 0.6 is 11.3 Å². The first-order valence-corrected chi connectivity index (χ1v) is 9.86. The number of rotatable bonds is 7. The fraction of sp³-hybridized carbons (Fsp3) is 0.474. The Labute approximate surface area is 163 Å². The summed E-state index contributed by atoms with van der Waals surface area (Å²) in [4.78, 5) is 21.3. The third-order valence-corrected chi connectivity index (χ3v) is 5.54. The molecule has 1 aromatic carbocycles. The molecule has 2 aromatic rings. The van der Waals surface area contributed by atoms with E-state index in [4.69, 9.17) is 9.47 Å². The molecule has 3 rings (SSSR count). The van der Waals surface area contributed by atoms with Crippen LogP contribution in [0.15, 0.2) is 29.8 Å². The van der Waals surface area contributed by atoms with E-state index in [0.717, 1.165) is 48.4 Å². The van der Waals surface area contributed by atoms with Gasteiger partial charge in [-0.2, -0.15) is 0 Å². The summed E-state index contributed by atoms with van der Waals surface area (Å²) in [7, 11) is 3.25. The second kappa shape index (κ2) is 9.05. The first kappa shape index (κ1) is 19.4. The summed E-state index contributed by atoms with van der Waals surface area (Å²) in [6, 6.07) is 5.43. The van der Waals surface area contributed by atoms with E-state index in [1.54, 1.807) is 25.6 Å². The molecule has 27 heavy (non-hydrogen) atoms. The zero-order valence-electron chi connectivity index (χ0n) is 16.0. The number of carbonyl (C=O) groups excluding carboxylic acids is 1. The van der Waals surface area contributed by atoms with Crippen LogP contribution in [-0.2, 0) is 4.79 Å². The minimum Gasteiger partial charge on any atom is -0.497 e. The Morgan fingerprint density at radius 2 is 2.04 bits per heavy atom. The highest BCUT2D eigenvalue weighted by molar-refractivity contribution is 7.13. The van der Waals surface area contributed by atoms with Gasteiger partial charge in [0, 0.05) is 43.3 Å². The summed E-state index contributed by atoms with van der Waals surface area (Å²) >= 11 is 1.65. The number of thiazole rings is 1. The molecule has 7 nitrogen and oxygen atoms in total. The Kier molecular flexibility index (Phi) is 6.52. The Balaban J connectivity index is 1.52. The molecule has 0 aliphatic carbocycles. The standard InChI is InChI=1S/C19H26N4O3S/c1-14(16-12-15(25-2)4-5-17(16)26-3)21-18(24)13-22-7-9-23(10-8-22)19-20-6-11-27-19/h4-6,11-12,14H,7-10,13H2,1-3H3,(H,21,24)/t14-/m0/s1. The number of carbonyl (C=O) groups is 1. The molecule has 0 saturated carbocycles. The molecule has 1 saturated heterocycles. The van der Waals surface area contributed by atoms with Crippen LogP contribution in [0.3, 0.4) is 0 Å². The van der Waals surface area contributed by atoms with Gasteiger partial charge in [0.05, 0.1) is 26.8 Å². The number of ether oxygens (including phenoxy) is 2. The first-order valence-electron chi connectivity index (χ1n) is 8.98. The van der Waals surface area contributed by atoms with E-state index in [0.29, 0.717) is 6.54 Å². The maximum Gasteiger partial charge on any atom is 0.234 e. The predicted molar refractivity (Wildman–Crippen MR) is 107 cm³/mol. The van der Waals surface area contributed by atoms with Crippen LogP contribution < -0.4 is 19.7 Å². The number of anilines is 1. The Bertz CT molecular complexity index is 745. The summed E-state index contributed by atoms with van der Waals surface area (Å²) in [5, 5.41) is 6.11. The van der Waals surface area contributed by atoms with Crippen molar-refractivity contribution in [3.05, 3.63) is 35.3 Å². The fourth-order valence-electron chi connectivity index (χ4n) is 3.22. The van der Waals surface area contributed by atoms with Crippen LogP contribution in [0.2, 0.25) is 0 Å². The first-order chi connectivity index (χ1) is 13.1. The number of amides is 1. The van der Waals surface area contributed by atoms with E-state index < -0.39 is 0 Å². The van der Waals surface area contributed by atoms with E-state index >= 15 is 0 Å². The SMILES string of the molecule is COc1ccc(OC)c([C@H](C)NC(=O)CN2CCN(c3nccs3)CC2)c1. The molecule has 1 aliphatic rings. The van der Waals surface area contributed by atoms with E-state index in [2.05, 4.69) is 20.1 Å². The van der Waals surface area contributed by atoms with Crippen molar-refractivity contribution in [2.75, 3.05) is 51.8 Å². The van der Waals surface area contributed by atoms with Crippen molar-refractivity contribution in [1.29, 1.82) is 0 Å². The van der Waals surface area contributed by atoms with Crippen LogP contribution in [0.4, 0.5) is 5.13 Å². The average Bonchev–Trinajstić information content (AvgIpc) is 3.22. The highest BCUT2D eigenvalue weighted by atomic mass is 32.1. The van der Waals surface area contributed by atoms with E-state index in [1.807, 2.05) is 36.7 Å². The quantitative estimate of drug-likeness (QED) is 0.782. The third kappa shape index (κ3) is 4.90. The average molecular weight is 391 g/mol. The minimum atomic E-state index is -0.167. The molecule has 0 unspecified atom stereocenters. The predicted octanol–water partition coefficient (Wildman–Crippen LogP) is 2.16. The van der Waals surface area contributed by atoms with Gasteiger partial charge in [-0.15, -0.1) is 11.3 Å². The van der Waals surface area contributed by atoms with Gasteiger partial charge in [-0.25, -0.2) is 4.98 Å². The van der Waals surface area contributed by atoms with Crippen LogP contribution in [0, 0.1) is 0 Å². The topological polar surface area (TPSA) is 66.9 Å². The lowest BCUT2D eigenvalue weighted by atomic mass is 10.1. The second-order valence-corrected chi connectivity index (χ2v) is 7.35. The van der Waals surface area contributed by atoms with Crippen molar-refractivity contribution in [3.8, 4) is 11.5 Å². The number of aromatic nitrogens is 1. The van der Waals surface area contributed by atoms with Gasteiger partial charge in [0.2, 0.25) is 5.91 Å². The van der Waals surface area contributed by atoms with Crippen molar-refractivity contribution >= 4 is 22.4 Å². The number of hydrogen-bond acceptors (Lipinski definition) is 7. The van der Waals surface area contributed by atoms with Gasteiger partial charge in [0.1, 0.15) is 11.5 Å². The normalized spacial score (nSPS) is 16.0. The molecule has 0 radical (unpaired) electrons. The van der Waals surface area contributed by atoms with Crippen LogP contribution in [0.5, 0.6) is 11.5 Å². The number of hydrogen-bond donors (Lipinski definition) is 1. The smallest absolute Gasteiger partial charge is 0.234 e. The fourth-order valence-corrected chi connectivity index (χ4v) is 3.91. The summed E-state index contributed by atoms with van der Waals surface area (Å²) in [5.41, 5.74) is 0.902. The molecule has 8 heteroatoms. The number of methoxy groups -OCH3 is 2. The van der Waals surface area contributed by atoms with Crippen molar-refractivity contribution in [3.63, 3.8) is 0 Å². The van der Waals surface area contributed by atoms with Gasteiger partial charge in [0.25, 0.3) is 0 Å². The van der Waals surface area contributed by atoms with Crippen molar-refractivity contribution in [2.24, 2.45) is 0 Å². The molecule has 1 aliphatic heterocycles. The van der Waals surface area contributed by atoms with Crippen LogP contribution in [-0.4, -0.2) is 62.7 Å². The monoisotopic (exact) mass is 390 g/mol.